The van der Waals surface area contributed by atoms with E-state index in [0.717, 1.165) is 6.26 Å². The lowest BCUT2D eigenvalue weighted by atomic mass is 10.1. The molecule has 0 aliphatic carbocycles. The summed E-state index contributed by atoms with van der Waals surface area (Å²) in [7, 11) is -3.35. The van der Waals surface area contributed by atoms with Crippen LogP contribution in [-0.2, 0) is 14.6 Å². The second-order valence-electron chi connectivity index (χ2n) is 4.17. The molecule has 110 valence electrons. The molecule has 0 aliphatic heterocycles. The summed E-state index contributed by atoms with van der Waals surface area (Å²) in [5.41, 5.74) is 0.140. The van der Waals surface area contributed by atoms with Crippen molar-refractivity contribution < 1.29 is 28.2 Å². The van der Waals surface area contributed by atoms with E-state index in [0.29, 0.717) is 0 Å². The van der Waals surface area contributed by atoms with E-state index in [1.54, 1.807) is 0 Å². The number of carboxylic acid groups (broad SMARTS) is 1. The second-order valence-corrected chi connectivity index (χ2v) is 6.19. The average Bonchev–Trinajstić information content (AvgIpc) is 2.37. The number of aliphatic hydroxyl groups is 1. The molecule has 0 bridgehead atoms. The van der Waals surface area contributed by atoms with E-state index in [9.17, 15) is 18.0 Å². The number of carboxylic acids is 1. The van der Waals surface area contributed by atoms with Gasteiger partial charge < -0.3 is 15.5 Å². The van der Waals surface area contributed by atoms with Crippen LogP contribution in [0.4, 0.5) is 0 Å². The molecule has 0 spiro atoms. The highest BCUT2D eigenvalue weighted by Gasteiger charge is 2.20. The summed E-state index contributed by atoms with van der Waals surface area (Å²) in [6, 6.07) is 3.94. The van der Waals surface area contributed by atoms with Crippen LogP contribution < -0.4 is 5.32 Å². The topological polar surface area (TPSA) is 121 Å². The Morgan fingerprint density at radius 2 is 1.80 bits per heavy atom. The largest absolute Gasteiger partial charge is 0.480 e. The Morgan fingerprint density at radius 3 is 2.20 bits per heavy atom. The Kier molecular flexibility index (Phi) is 5.23. The van der Waals surface area contributed by atoms with Crippen molar-refractivity contribution in [1.29, 1.82) is 0 Å². The normalized spacial score (nSPS) is 12.7. The first kappa shape index (κ1) is 16.1. The maximum absolute atomic E-state index is 11.8. The minimum atomic E-state index is -3.35. The first-order valence-electron chi connectivity index (χ1n) is 5.70. The third-order valence-corrected chi connectivity index (χ3v) is 3.69. The lowest BCUT2D eigenvalue weighted by molar-refractivity contribution is -0.139. The zero-order valence-corrected chi connectivity index (χ0v) is 11.6. The maximum atomic E-state index is 11.8. The Labute approximate surface area is 116 Å². The quantitative estimate of drug-likeness (QED) is 0.660. The van der Waals surface area contributed by atoms with Crippen molar-refractivity contribution in [3.05, 3.63) is 29.8 Å². The molecule has 1 aromatic rings. The fourth-order valence-corrected chi connectivity index (χ4v) is 2.11. The Balaban J connectivity index is 2.85. The summed E-state index contributed by atoms with van der Waals surface area (Å²) in [5.74, 6) is -1.90. The van der Waals surface area contributed by atoms with E-state index in [1.165, 1.54) is 24.3 Å². The van der Waals surface area contributed by atoms with Gasteiger partial charge in [0.05, 0.1) is 4.90 Å². The van der Waals surface area contributed by atoms with Crippen LogP contribution in [0, 0.1) is 0 Å². The molecule has 1 aromatic carbocycles. The molecule has 0 aromatic heterocycles. The van der Waals surface area contributed by atoms with Crippen LogP contribution in [0.1, 0.15) is 16.8 Å². The molecule has 20 heavy (non-hydrogen) atoms. The second kappa shape index (κ2) is 6.49. The molecular weight excluding hydrogens is 286 g/mol. The molecule has 0 unspecified atom stereocenters. The van der Waals surface area contributed by atoms with E-state index in [2.05, 4.69) is 5.32 Å². The van der Waals surface area contributed by atoms with Crippen molar-refractivity contribution in [1.82, 2.24) is 5.32 Å². The number of amides is 1. The number of hydrogen-bond acceptors (Lipinski definition) is 5. The SMILES string of the molecule is CS(=O)(=O)c1ccc(C(=O)N[C@@H](CCO)C(=O)O)cc1. The molecule has 0 saturated heterocycles. The summed E-state index contributed by atoms with van der Waals surface area (Å²) < 4.78 is 22.5. The molecule has 0 saturated carbocycles. The van der Waals surface area contributed by atoms with Gasteiger partial charge in [0, 0.05) is 24.8 Å². The van der Waals surface area contributed by atoms with Crippen LogP contribution in [0.2, 0.25) is 0 Å². The van der Waals surface area contributed by atoms with Gasteiger partial charge in [-0.1, -0.05) is 0 Å². The van der Waals surface area contributed by atoms with E-state index in [1.807, 2.05) is 0 Å². The predicted molar refractivity (Wildman–Crippen MR) is 70.1 cm³/mol. The lowest BCUT2D eigenvalue weighted by Gasteiger charge is -2.13. The number of hydrogen-bond donors (Lipinski definition) is 3. The number of aliphatic carboxylic acids is 1. The van der Waals surface area contributed by atoms with Gasteiger partial charge in [-0.25, -0.2) is 13.2 Å². The van der Waals surface area contributed by atoms with Gasteiger partial charge in [0.1, 0.15) is 6.04 Å². The monoisotopic (exact) mass is 301 g/mol. The van der Waals surface area contributed by atoms with E-state index >= 15 is 0 Å². The van der Waals surface area contributed by atoms with Gasteiger partial charge in [-0.05, 0) is 24.3 Å². The first-order valence-corrected chi connectivity index (χ1v) is 7.59. The Bertz CT molecular complexity index is 593. The molecule has 8 heteroatoms. The van der Waals surface area contributed by atoms with Gasteiger partial charge in [0.15, 0.2) is 9.84 Å². The fraction of sp³-hybridized carbons (Fsp3) is 0.333. The smallest absolute Gasteiger partial charge is 0.326 e. The zero-order valence-electron chi connectivity index (χ0n) is 10.7. The van der Waals surface area contributed by atoms with Gasteiger partial charge in [-0.3, -0.25) is 4.79 Å². The standard InChI is InChI=1S/C12H15NO6S/c1-20(18,19)9-4-2-8(3-5-9)11(15)13-10(6-7-14)12(16)17/h2-5,10,14H,6-7H2,1H3,(H,13,15)(H,16,17)/t10-/m0/s1. The molecule has 0 heterocycles. The van der Waals surface area contributed by atoms with Crippen LogP contribution in [-0.4, -0.2) is 49.4 Å². The minimum Gasteiger partial charge on any atom is -0.480 e. The number of carbonyl (C=O) groups excluding carboxylic acids is 1. The molecule has 0 aliphatic rings. The van der Waals surface area contributed by atoms with Crippen molar-refractivity contribution in [2.45, 2.75) is 17.4 Å². The Hall–Kier alpha value is -1.93. The lowest BCUT2D eigenvalue weighted by Crippen LogP contribution is -2.41. The van der Waals surface area contributed by atoms with Crippen LogP contribution in [0.3, 0.4) is 0 Å². The number of benzene rings is 1. The number of sulfone groups is 1. The highest BCUT2D eigenvalue weighted by molar-refractivity contribution is 7.90. The van der Waals surface area contributed by atoms with Gasteiger partial charge in [0.2, 0.25) is 0 Å². The summed E-state index contributed by atoms with van der Waals surface area (Å²) in [6.45, 7) is -0.371. The third kappa shape index (κ3) is 4.32. The third-order valence-electron chi connectivity index (χ3n) is 2.57. The molecule has 0 fully saturated rings. The summed E-state index contributed by atoms with van der Waals surface area (Å²) in [6.07, 6.45) is 0.937. The predicted octanol–water partition coefficient (Wildman–Crippen LogP) is -0.344. The van der Waals surface area contributed by atoms with Gasteiger partial charge >= 0.3 is 5.97 Å². The van der Waals surface area contributed by atoms with Gasteiger partial charge in [0.25, 0.3) is 5.91 Å². The molecule has 7 nitrogen and oxygen atoms in total. The Morgan fingerprint density at radius 1 is 1.25 bits per heavy atom. The molecule has 1 amide bonds. The van der Waals surface area contributed by atoms with E-state index in [4.69, 9.17) is 10.2 Å². The highest BCUT2D eigenvalue weighted by atomic mass is 32.2. The highest BCUT2D eigenvalue weighted by Crippen LogP contribution is 2.10. The van der Waals surface area contributed by atoms with Crippen LogP contribution in [0.25, 0.3) is 0 Å². The number of rotatable bonds is 6. The molecular formula is C12H15NO6S. The maximum Gasteiger partial charge on any atom is 0.326 e. The van der Waals surface area contributed by atoms with Crippen molar-refractivity contribution in [2.75, 3.05) is 12.9 Å². The first-order chi connectivity index (χ1) is 9.25. The van der Waals surface area contributed by atoms with E-state index < -0.39 is 27.8 Å². The summed E-state index contributed by atoms with van der Waals surface area (Å²) in [4.78, 5) is 22.7. The van der Waals surface area contributed by atoms with E-state index in [-0.39, 0.29) is 23.5 Å². The number of aliphatic hydroxyl groups excluding tert-OH is 1. The van der Waals surface area contributed by atoms with Crippen molar-refractivity contribution in [3.8, 4) is 0 Å². The number of nitrogens with one attached hydrogen (secondary N) is 1. The van der Waals surface area contributed by atoms with Crippen LogP contribution >= 0.6 is 0 Å². The summed E-state index contributed by atoms with van der Waals surface area (Å²) in [5, 5.41) is 19.8. The van der Waals surface area contributed by atoms with Crippen molar-refractivity contribution >= 4 is 21.7 Å². The average molecular weight is 301 g/mol. The summed E-state index contributed by atoms with van der Waals surface area (Å²) >= 11 is 0. The van der Waals surface area contributed by atoms with Crippen molar-refractivity contribution in [3.63, 3.8) is 0 Å². The fourth-order valence-electron chi connectivity index (χ4n) is 1.48. The van der Waals surface area contributed by atoms with Gasteiger partial charge in [-0.2, -0.15) is 0 Å². The molecule has 0 radical (unpaired) electrons. The minimum absolute atomic E-state index is 0.0687. The van der Waals surface area contributed by atoms with Crippen LogP contribution in [0.15, 0.2) is 29.2 Å². The van der Waals surface area contributed by atoms with Gasteiger partial charge in [-0.15, -0.1) is 0 Å². The zero-order chi connectivity index (χ0) is 15.3. The van der Waals surface area contributed by atoms with Crippen LogP contribution in [0.5, 0.6) is 0 Å². The number of carbonyl (C=O) groups is 2. The molecule has 1 rings (SSSR count). The van der Waals surface area contributed by atoms with Crippen molar-refractivity contribution in [2.24, 2.45) is 0 Å². The molecule has 3 N–H and O–H groups in total. The molecule has 1 atom stereocenters.